The standard InChI is InChI=1S/C45H59N7O7/c1-5-41(54)58-29-51-28-36-25-32(23-31(3)43(36)46-51)24-35(44(56)50-21-19-48(20-22-50)37-13-15-47(4)16-14-37)27-40(53)49-17-11-33(12-18-49)38-26-34-9-7-8-10-39(34)52(45(38)57)30-59-42(55)6-2/h7-10,23,25-26,28,33,35,37H,5-6,11-22,24,27,29-30H2,1-4H3/t35-/m0/s1. The minimum Gasteiger partial charge on any atom is -0.444 e. The van der Waals surface area contributed by atoms with Crippen molar-refractivity contribution in [3.05, 3.63) is 75.7 Å². The van der Waals surface area contributed by atoms with Gasteiger partial charge in [0.05, 0.1) is 17.0 Å². The fraction of sp³-hybridized carbons (Fsp3) is 0.556. The molecule has 3 aliphatic rings. The highest BCUT2D eigenvalue weighted by Crippen LogP contribution is 2.30. The van der Waals surface area contributed by atoms with Gasteiger partial charge in [-0.15, -0.1) is 0 Å². The number of esters is 2. The van der Waals surface area contributed by atoms with Gasteiger partial charge < -0.3 is 24.2 Å². The molecule has 0 aliphatic carbocycles. The van der Waals surface area contributed by atoms with E-state index < -0.39 is 5.92 Å². The molecule has 3 saturated heterocycles. The number of pyridine rings is 1. The first kappa shape index (κ1) is 42.1. The first-order valence-electron chi connectivity index (χ1n) is 21.4. The largest absolute Gasteiger partial charge is 0.444 e. The van der Waals surface area contributed by atoms with E-state index >= 15 is 0 Å². The van der Waals surface area contributed by atoms with E-state index in [1.165, 1.54) is 4.57 Å². The zero-order valence-electron chi connectivity index (χ0n) is 35.1. The van der Waals surface area contributed by atoms with Crippen molar-refractivity contribution >= 4 is 45.6 Å². The Kier molecular flexibility index (Phi) is 13.5. The van der Waals surface area contributed by atoms with Crippen LogP contribution in [0.2, 0.25) is 0 Å². The number of aryl methyl sites for hydroxylation is 1. The normalized spacial score (nSPS) is 18.0. The molecule has 14 heteroatoms. The monoisotopic (exact) mass is 809 g/mol. The molecule has 0 N–H and O–H groups in total. The fourth-order valence-corrected chi connectivity index (χ4v) is 9.11. The first-order chi connectivity index (χ1) is 28.5. The van der Waals surface area contributed by atoms with Crippen molar-refractivity contribution in [3.8, 4) is 0 Å². The molecule has 0 unspecified atom stereocenters. The number of nitrogens with zero attached hydrogens (tertiary/aromatic N) is 7. The lowest BCUT2D eigenvalue weighted by molar-refractivity contribution is -0.148. The predicted molar refractivity (Wildman–Crippen MR) is 224 cm³/mol. The van der Waals surface area contributed by atoms with E-state index in [-0.39, 0.29) is 68.0 Å². The van der Waals surface area contributed by atoms with E-state index in [2.05, 4.69) is 21.9 Å². The van der Waals surface area contributed by atoms with Crippen LogP contribution in [0.3, 0.4) is 0 Å². The molecular formula is C45H59N7O7. The van der Waals surface area contributed by atoms with Crippen molar-refractivity contribution in [2.75, 3.05) is 59.4 Å². The van der Waals surface area contributed by atoms with Gasteiger partial charge in [0.25, 0.3) is 5.56 Å². The number of carbonyl (C=O) groups is 4. The minimum atomic E-state index is -0.550. The summed E-state index contributed by atoms with van der Waals surface area (Å²) in [6, 6.07) is 14.2. The summed E-state index contributed by atoms with van der Waals surface area (Å²) in [6.07, 6.45) is 6.36. The van der Waals surface area contributed by atoms with Crippen LogP contribution >= 0.6 is 0 Å². The molecule has 3 fully saturated rings. The number of carbonyl (C=O) groups excluding carboxylic acids is 4. The molecule has 1 atom stereocenters. The van der Waals surface area contributed by atoms with Crippen LogP contribution in [0.25, 0.3) is 21.8 Å². The van der Waals surface area contributed by atoms with Crippen molar-refractivity contribution < 1.29 is 28.7 Å². The second-order valence-corrected chi connectivity index (χ2v) is 16.6. The number of aromatic nitrogens is 3. The Bertz CT molecular complexity index is 2210. The predicted octanol–water partition coefficient (Wildman–Crippen LogP) is 4.67. The SMILES string of the molecule is CCC(=O)OCn1cc2cc(C[C@@H](CC(=O)N3CCC(c4cc5ccccc5n(COC(=O)CC)c4=O)CC3)C(=O)N3CCN(C4CCN(C)CC4)CC3)cc(C)c2n1. The summed E-state index contributed by atoms with van der Waals surface area (Å²) >= 11 is 0. The Labute approximate surface area is 346 Å². The molecule has 2 aromatic heterocycles. The van der Waals surface area contributed by atoms with Gasteiger partial charge in [0.15, 0.2) is 13.5 Å². The van der Waals surface area contributed by atoms with Crippen LogP contribution in [0.4, 0.5) is 0 Å². The van der Waals surface area contributed by atoms with Crippen LogP contribution in [0.5, 0.6) is 0 Å². The van der Waals surface area contributed by atoms with Gasteiger partial charge in [-0.05, 0) is 99.8 Å². The van der Waals surface area contributed by atoms with Gasteiger partial charge in [-0.3, -0.25) is 33.4 Å². The van der Waals surface area contributed by atoms with Gasteiger partial charge in [0.1, 0.15) is 0 Å². The number of piperidine rings is 2. The summed E-state index contributed by atoms with van der Waals surface area (Å²) in [6.45, 7) is 11.4. The first-order valence-corrected chi connectivity index (χ1v) is 21.4. The second-order valence-electron chi connectivity index (χ2n) is 16.6. The molecule has 7 rings (SSSR count). The number of amides is 2. The number of ether oxygens (including phenoxy) is 2. The van der Waals surface area contributed by atoms with Crippen molar-refractivity contribution in [1.82, 2.24) is 33.9 Å². The molecule has 2 amide bonds. The zero-order valence-corrected chi connectivity index (χ0v) is 35.1. The maximum absolute atomic E-state index is 14.5. The van der Waals surface area contributed by atoms with E-state index in [4.69, 9.17) is 9.47 Å². The second kappa shape index (κ2) is 18.9. The Balaban J connectivity index is 1.06. The van der Waals surface area contributed by atoms with Crippen LogP contribution in [-0.2, 0) is 48.5 Å². The molecular weight excluding hydrogens is 751 g/mol. The molecule has 0 spiro atoms. The molecule has 0 saturated carbocycles. The lowest BCUT2D eigenvalue weighted by atomic mass is 9.88. The number of hydrogen-bond acceptors (Lipinski definition) is 10. The van der Waals surface area contributed by atoms with E-state index in [9.17, 15) is 24.0 Å². The summed E-state index contributed by atoms with van der Waals surface area (Å²) in [5.41, 5.74) is 3.88. The quantitative estimate of drug-likeness (QED) is 0.175. The summed E-state index contributed by atoms with van der Waals surface area (Å²) in [4.78, 5) is 75.1. The van der Waals surface area contributed by atoms with Crippen molar-refractivity contribution in [2.24, 2.45) is 5.92 Å². The Morgan fingerprint density at radius 2 is 1.47 bits per heavy atom. The maximum atomic E-state index is 14.5. The number of rotatable bonds is 13. The van der Waals surface area contributed by atoms with Crippen LogP contribution in [-0.4, -0.2) is 123 Å². The van der Waals surface area contributed by atoms with Gasteiger partial charge in [-0.2, -0.15) is 5.10 Å². The van der Waals surface area contributed by atoms with Gasteiger partial charge in [-0.1, -0.05) is 38.1 Å². The topological polar surface area (TPSA) is 140 Å². The van der Waals surface area contributed by atoms with Gasteiger partial charge in [-0.25, -0.2) is 4.68 Å². The van der Waals surface area contributed by atoms with E-state index in [0.29, 0.717) is 62.6 Å². The van der Waals surface area contributed by atoms with Crippen molar-refractivity contribution in [3.63, 3.8) is 0 Å². The van der Waals surface area contributed by atoms with E-state index in [1.807, 2.05) is 65.4 Å². The zero-order chi connectivity index (χ0) is 41.6. The number of fused-ring (bicyclic) bond motifs is 2. The minimum absolute atomic E-state index is 0.0108. The number of benzene rings is 2. The molecule has 4 aromatic rings. The number of piperazine rings is 1. The summed E-state index contributed by atoms with van der Waals surface area (Å²) in [5, 5.41) is 6.41. The molecule has 5 heterocycles. The number of likely N-dealkylation sites (tertiary alicyclic amines) is 2. The highest BCUT2D eigenvalue weighted by molar-refractivity contribution is 5.87. The van der Waals surface area contributed by atoms with Gasteiger partial charge in [0, 0.05) is 81.7 Å². The van der Waals surface area contributed by atoms with Crippen molar-refractivity contribution in [1.29, 1.82) is 0 Å². The number of hydrogen-bond donors (Lipinski definition) is 0. The Morgan fingerprint density at radius 1 is 0.797 bits per heavy atom. The van der Waals surface area contributed by atoms with Gasteiger partial charge >= 0.3 is 11.9 Å². The van der Waals surface area contributed by atoms with Crippen LogP contribution in [0.1, 0.15) is 81.4 Å². The molecule has 0 radical (unpaired) electrons. The lowest BCUT2D eigenvalue weighted by Crippen LogP contribution is -2.55. The molecule has 14 nitrogen and oxygen atoms in total. The average Bonchev–Trinajstić information content (AvgIpc) is 3.68. The lowest BCUT2D eigenvalue weighted by Gasteiger charge is -2.43. The Hall–Kier alpha value is -5.08. The molecule has 3 aliphatic heterocycles. The Morgan fingerprint density at radius 3 is 2.17 bits per heavy atom. The highest BCUT2D eigenvalue weighted by Gasteiger charge is 2.34. The fourth-order valence-electron chi connectivity index (χ4n) is 9.11. The average molecular weight is 810 g/mol. The highest BCUT2D eigenvalue weighted by atomic mass is 16.5. The molecule has 59 heavy (non-hydrogen) atoms. The molecule has 0 bridgehead atoms. The van der Waals surface area contributed by atoms with Crippen LogP contribution < -0.4 is 5.56 Å². The summed E-state index contributed by atoms with van der Waals surface area (Å²) < 4.78 is 13.9. The van der Waals surface area contributed by atoms with E-state index in [1.54, 1.807) is 18.5 Å². The molecule has 2 aromatic carbocycles. The van der Waals surface area contributed by atoms with Gasteiger partial charge in [0.2, 0.25) is 11.8 Å². The number of para-hydroxylation sites is 1. The summed E-state index contributed by atoms with van der Waals surface area (Å²) in [7, 11) is 2.17. The van der Waals surface area contributed by atoms with Crippen molar-refractivity contribution in [2.45, 2.75) is 97.6 Å². The third-order valence-electron chi connectivity index (χ3n) is 12.6. The van der Waals surface area contributed by atoms with Crippen LogP contribution in [0, 0.1) is 12.8 Å². The van der Waals surface area contributed by atoms with E-state index in [0.717, 1.165) is 66.4 Å². The molecule has 316 valence electrons. The summed E-state index contributed by atoms with van der Waals surface area (Å²) in [5.74, 6) is -1.33. The maximum Gasteiger partial charge on any atom is 0.307 e. The van der Waals surface area contributed by atoms with Crippen LogP contribution in [0.15, 0.2) is 53.5 Å². The smallest absolute Gasteiger partial charge is 0.307 e. The third-order valence-corrected chi connectivity index (χ3v) is 12.6. The third kappa shape index (κ3) is 9.87.